The summed E-state index contributed by atoms with van der Waals surface area (Å²) in [5.41, 5.74) is -0.381. The van der Waals surface area contributed by atoms with Crippen molar-refractivity contribution in [2.75, 3.05) is 13.7 Å². The molecule has 8 N–H and O–H groups in total. The van der Waals surface area contributed by atoms with E-state index in [-0.39, 0.29) is 34.0 Å². The molecule has 3 aromatic rings. The van der Waals surface area contributed by atoms with Gasteiger partial charge in [0.15, 0.2) is 23.2 Å². The summed E-state index contributed by atoms with van der Waals surface area (Å²) in [7, 11) is 1.38. The van der Waals surface area contributed by atoms with Crippen molar-refractivity contribution in [3.8, 4) is 34.3 Å². The van der Waals surface area contributed by atoms with Gasteiger partial charge in [0.2, 0.25) is 6.29 Å². The Hall–Kier alpha value is -3.51. The van der Waals surface area contributed by atoms with Gasteiger partial charge in [-0.2, -0.15) is 0 Å². The van der Waals surface area contributed by atoms with Gasteiger partial charge in [0.25, 0.3) is 0 Å². The summed E-state index contributed by atoms with van der Waals surface area (Å²) in [6.07, 6.45) is -15.0. The lowest BCUT2D eigenvalue weighted by Gasteiger charge is -2.42. The summed E-state index contributed by atoms with van der Waals surface area (Å²) in [5, 5.41) is 82.0. The highest BCUT2D eigenvalue weighted by molar-refractivity contribution is 5.86. The fourth-order valence-corrected chi connectivity index (χ4v) is 4.92. The second-order valence-electron chi connectivity index (χ2n) is 10.3. The molecule has 15 nitrogen and oxygen atoms in total. The Morgan fingerprint density at radius 2 is 1.49 bits per heavy atom. The van der Waals surface area contributed by atoms with Crippen molar-refractivity contribution >= 4 is 11.0 Å². The highest BCUT2D eigenvalue weighted by Crippen LogP contribution is 2.35. The van der Waals surface area contributed by atoms with Gasteiger partial charge < -0.3 is 69.0 Å². The maximum Gasteiger partial charge on any atom is 0.229 e. The molecule has 0 amide bonds. The van der Waals surface area contributed by atoms with E-state index in [0.29, 0.717) is 5.56 Å². The fraction of sp³-hybridized carbons (Fsp3) is 0.464. The van der Waals surface area contributed by atoms with Gasteiger partial charge in [-0.15, -0.1) is 0 Å². The molecule has 10 atom stereocenters. The van der Waals surface area contributed by atoms with E-state index in [1.54, 1.807) is 6.07 Å². The van der Waals surface area contributed by atoms with E-state index in [4.69, 9.17) is 28.1 Å². The van der Waals surface area contributed by atoms with Crippen molar-refractivity contribution in [1.82, 2.24) is 0 Å². The number of benzene rings is 2. The van der Waals surface area contributed by atoms with Crippen LogP contribution in [-0.2, 0) is 14.2 Å². The first kappa shape index (κ1) is 30.9. The van der Waals surface area contributed by atoms with Crippen LogP contribution < -0.4 is 14.9 Å². The van der Waals surface area contributed by atoms with E-state index in [1.807, 2.05) is 0 Å². The molecular weight excluding hydrogens is 576 g/mol. The molecule has 4 unspecified atom stereocenters. The molecule has 2 aliphatic rings. The van der Waals surface area contributed by atoms with E-state index < -0.39 is 79.2 Å². The van der Waals surface area contributed by atoms with Gasteiger partial charge in [-0.3, -0.25) is 4.79 Å². The SMILES string of the molecule is COc1ccc(-c2cc(=O)c3c(O)cc(O[C@@H]4OC(CO[C@@H]5OC(C)[C@H](O)[C@H](O)C5O)[C@@H](O)[C@@H](O)C4O)cc3o2)cc1O. The second-order valence-corrected chi connectivity index (χ2v) is 10.3. The van der Waals surface area contributed by atoms with Crippen molar-refractivity contribution in [3.63, 3.8) is 0 Å². The number of aromatic hydroxyl groups is 2. The van der Waals surface area contributed by atoms with Gasteiger partial charge >= 0.3 is 0 Å². The van der Waals surface area contributed by atoms with Gasteiger partial charge in [-0.1, -0.05) is 0 Å². The zero-order chi connectivity index (χ0) is 31.2. The largest absolute Gasteiger partial charge is 0.507 e. The smallest absolute Gasteiger partial charge is 0.229 e. The predicted molar refractivity (Wildman–Crippen MR) is 143 cm³/mol. The van der Waals surface area contributed by atoms with Crippen molar-refractivity contribution in [1.29, 1.82) is 0 Å². The molecule has 0 spiro atoms. The van der Waals surface area contributed by atoms with Gasteiger partial charge in [-0.05, 0) is 25.1 Å². The Morgan fingerprint density at radius 3 is 2.19 bits per heavy atom. The number of fused-ring (bicyclic) bond motifs is 1. The molecule has 15 heteroatoms. The third-order valence-electron chi connectivity index (χ3n) is 7.40. The van der Waals surface area contributed by atoms with Crippen molar-refractivity contribution in [2.45, 2.75) is 68.3 Å². The minimum absolute atomic E-state index is 0.0517. The Kier molecular flexibility index (Phi) is 8.80. The van der Waals surface area contributed by atoms with E-state index in [2.05, 4.69) is 0 Å². The van der Waals surface area contributed by atoms with Crippen molar-refractivity contribution in [3.05, 3.63) is 46.6 Å². The molecule has 0 saturated carbocycles. The van der Waals surface area contributed by atoms with Crippen molar-refractivity contribution < 1.29 is 69.0 Å². The van der Waals surface area contributed by atoms with Gasteiger partial charge in [-0.25, -0.2) is 0 Å². The second kappa shape index (κ2) is 12.2. The molecule has 1 aromatic heterocycles. The normalized spacial score (nSPS) is 32.9. The molecule has 2 aliphatic heterocycles. The molecule has 2 saturated heterocycles. The summed E-state index contributed by atoms with van der Waals surface area (Å²) in [6, 6.07) is 7.78. The van der Waals surface area contributed by atoms with E-state index in [9.17, 15) is 45.6 Å². The number of rotatable bonds is 7. The number of phenolic OH excluding ortho intramolecular Hbond substituents is 2. The van der Waals surface area contributed by atoms with E-state index in [1.165, 1.54) is 32.2 Å². The third-order valence-corrected chi connectivity index (χ3v) is 7.40. The van der Waals surface area contributed by atoms with Gasteiger partial charge in [0.05, 0.1) is 19.8 Å². The molecular formula is C28H32O15. The molecule has 3 heterocycles. The molecule has 2 fully saturated rings. The summed E-state index contributed by atoms with van der Waals surface area (Å²) in [5.74, 6) is -0.605. The first-order valence-corrected chi connectivity index (χ1v) is 13.3. The summed E-state index contributed by atoms with van der Waals surface area (Å²) < 4.78 is 32.9. The number of ether oxygens (including phenoxy) is 5. The zero-order valence-electron chi connectivity index (χ0n) is 22.9. The highest BCUT2D eigenvalue weighted by atomic mass is 16.7. The van der Waals surface area contributed by atoms with Crippen LogP contribution in [-0.4, -0.2) is 116 Å². The minimum Gasteiger partial charge on any atom is -0.507 e. The number of hydrogen-bond acceptors (Lipinski definition) is 15. The summed E-state index contributed by atoms with van der Waals surface area (Å²) in [6.45, 7) is 0.953. The molecule has 234 valence electrons. The fourth-order valence-electron chi connectivity index (χ4n) is 4.92. The lowest BCUT2D eigenvalue weighted by atomic mass is 9.98. The van der Waals surface area contributed by atoms with Crippen LogP contribution in [0.15, 0.2) is 45.6 Å². The number of methoxy groups -OCH3 is 1. The van der Waals surface area contributed by atoms with Crippen LogP contribution in [0.1, 0.15) is 6.92 Å². The maximum absolute atomic E-state index is 12.8. The first-order valence-electron chi connectivity index (χ1n) is 13.3. The molecule has 5 rings (SSSR count). The zero-order valence-corrected chi connectivity index (χ0v) is 22.9. The van der Waals surface area contributed by atoms with Crippen LogP contribution in [0, 0.1) is 0 Å². The van der Waals surface area contributed by atoms with E-state index >= 15 is 0 Å². The Bertz CT molecular complexity index is 1510. The summed E-state index contributed by atoms with van der Waals surface area (Å²) in [4.78, 5) is 12.8. The Balaban J connectivity index is 1.36. The Morgan fingerprint density at radius 1 is 0.791 bits per heavy atom. The highest BCUT2D eigenvalue weighted by Gasteiger charge is 2.47. The van der Waals surface area contributed by atoms with Crippen LogP contribution in [0.4, 0.5) is 0 Å². The third kappa shape index (κ3) is 5.99. The number of aliphatic hydroxyl groups excluding tert-OH is 6. The average molecular weight is 609 g/mol. The van der Waals surface area contributed by atoms with Crippen LogP contribution in [0.2, 0.25) is 0 Å². The average Bonchev–Trinajstić information content (AvgIpc) is 2.97. The van der Waals surface area contributed by atoms with Gasteiger partial charge in [0.1, 0.15) is 71.0 Å². The summed E-state index contributed by atoms with van der Waals surface area (Å²) >= 11 is 0. The lowest BCUT2D eigenvalue weighted by Crippen LogP contribution is -2.61. The topological polar surface area (TPSA) is 238 Å². The molecule has 0 aliphatic carbocycles. The molecule has 2 aromatic carbocycles. The first-order chi connectivity index (χ1) is 20.4. The minimum atomic E-state index is -1.78. The predicted octanol–water partition coefficient (Wildman–Crippen LogP) is -1.09. The number of hydrogen-bond donors (Lipinski definition) is 8. The standard InChI is InChI=1S/C28H32O15/c1-10-21(32)23(34)25(36)27(40-10)39-9-19-22(33)24(35)26(37)28(43-19)41-12-6-14(30)20-15(31)8-17(42-18(20)7-12)11-3-4-16(38-2)13(29)5-11/h3-8,10,19,21-30,32-37H,9H2,1-2H3/t10?,19?,21-,22+,23-,24+,25?,26?,27+,28+/m0/s1. The van der Waals surface area contributed by atoms with Crippen LogP contribution in [0.3, 0.4) is 0 Å². The maximum atomic E-state index is 12.8. The number of aliphatic hydroxyl groups is 6. The van der Waals surface area contributed by atoms with Crippen molar-refractivity contribution in [2.24, 2.45) is 0 Å². The van der Waals surface area contributed by atoms with Crippen LogP contribution in [0.5, 0.6) is 23.0 Å². The lowest BCUT2D eigenvalue weighted by molar-refractivity contribution is -0.318. The quantitative estimate of drug-likeness (QED) is 0.159. The molecule has 0 radical (unpaired) electrons. The van der Waals surface area contributed by atoms with E-state index in [0.717, 1.165) is 12.1 Å². The monoisotopic (exact) mass is 608 g/mol. The van der Waals surface area contributed by atoms with Crippen LogP contribution in [0.25, 0.3) is 22.3 Å². The van der Waals surface area contributed by atoms with Gasteiger partial charge in [0, 0.05) is 23.8 Å². The Labute approximate surface area is 243 Å². The van der Waals surface area contributed by atoms with Crippen LogP contribution >= 0.6 is 0 Å². The molecule has 0 bridgehead atoms. The molecule has 43 heavy (non-hydrogen) atoms. The number of phenols is 2.